The summed E-state index contributed by atoms with van der Waals surface area (Å²) in [5.41, 5.74) is 5.71. The van der Waals surface area contributed by atoms with Crippen molar-refractivity contribution in [2.45, 2.75) is 45.6 Å². The smallest absolute Gasteiger partial charge is 0.0624 e. The minimum Gasteiger partial charge on any atom is -0.315 e. The fourth-order valence-electron chi connectivity index (χ4n) is 3.46. The van der Waals surface area contributed by atoms with Crippen LogP contribution in [0, 0.1) is 6.92 Å². The molecule has 0 aliphatic carbocycles. The Bertz CT molecular complexity index is 623. The predicted molar refractivity (Wildman–Crippen MR) is 86.7 cm³/mol. The van der Waals surface area contributed by atoms with E-state index < -0.39 is 0 Å². The third-order valence-electron chi connectivity index (χ3n) is 4.74. The van der Waals surface area contributed by atoms with Crippen molar-refractivity contribution in [3.05, 3.63) is 52.8 Å². The maximum atomic E-state index is 4.70. The van der Waals surface area contributed by atoms with E-state index >= 15 is 0 Å². The molecule has 21 heavy (non-hydrogen) atoms. The zero-order chi connectivity index (χ0) is 14.9. The highest BCUT2D eigenvalue weighted by molar-refractivity contribution is 5.38. The summed E-state index contributed by atoms with van der Waals surface area (Å²) in [4.78, 5) is 0. The topological polar surface area (TPSA) is 29.9 Å². The second-order valence-electron chi connectivity index (χ2n) is 6.17. The Balaban J connectivity index is 1.95. The summed E-state index contributed by atoms with van der Waals surface area (Å²) in [5, 5.41) is 8.18. The molecular formula is C18H25N3. The molecule has 1 N–H and O–H groups in total. The van der Waals surface area contributed by atoms with Crippen molar-refractivity contribution in [2.24, 2.45) is 0 Å². The lowest BCUT2D eigenvalue weighted by Crippen LogP contribution is -2.58. The lowest BCUT2D eigenvalue weighted by atomic mass is 9.70. The van der Waals surface area contributed by atoms with Crippen molar-refractivity contribution >= 4 is 0 Å². The van der Waals surface area contributed by atoms with Crippen LogP contribution in [0.5, 0.6) is 0 Å². The molecule has 0 radical (unpaired) electrons. The number of hydrogen-bond donors (Lipinski definition) is 1. The summed E-state index contributed by atoms with van der Waals surface area (Å²) >= 11 is 0. The highest BCUT2D eigenvalue weighted by Gasteiger charge is 2.40. The number of aryl methyl sites for hydroxylation is 3. The first-order valence-corrected chi connectivity index (χ1v) is 8.01. The van der Waals surface area contributed by atoms with Gasteiger partial charge in [-0.3, -0.25) is 4.68 Å². The maximum Gasteiger partial charge on any atom is 0.0624 e. The van der Waals surface area contributed by atoms with E-state index in [0.29, 0.717) is 0 Å². The normalized spacial score (nSPS) is 16.7. The predicted octanol–water partition coefficient (Wildman–Crippen LogP) is 2.86. The molecule has 2 aromatic rings. The molecule has 0 saturated carbocycles. The van der Waals surface area contributed by atoms with Crippen LogP contribution in [-0.4, -0.2) is 22.9 Å². The summed E-state index contributed by atoms with van der Waals surface area (Å²) in [6.07, 6.45) is 2.08. The fourth-order valence-corrected chi connectivity index (χ4v) is 3.46. The number of rotatable bonds is 5. The Hall–Kier alpha value is -1.61. The summed E-state index contributed by atoms with van der Waals surface area (Å²) in [5.74, 6) is 0. The first-order valence-electron chi connectivity index (χ1n) is 8.01. The van der Waals surface area contributed by atoms with Crippen LogP contribution >= 0.6 is 0 Å². The summed E-state index contributed by atoms with van der Waals surface area (Å²) in [6, 6.07) is 11.1. The number of nitrogens with one attached hydrogen (secondary N) is 1. The van der Waals surface area contributed by atoms with E-state index in [4.69, 9.17) is 5.10 Å². The summed E-state index contributed by atoms with van der Waals surface area (Å²) in [7, 11) is 0. The molecule has 1 saturated heterocycles. The van der Waals surface area contributed by atoms with Crippen molar-refractivity contribution in [2.75, 3.05) is 13.1 Å². The first kappa shape index (κ1) is 14.3. The molecule has 1 aromatic heterocycles. The van der Waals surface area contributed by atoms with E-state index in [1.54, 1.807) is 0 Å². The summed E-state index contributed by atoms with van der Waals surface area (Å²) in [6.45, 7) is 9.66. The zero-order valence-electron chi connectivity index (χ0n) is 13.3. The average molecular weight is 283 g/mol. The molecule has 0 unspecified atom stereocenters. The molecule has 3 nitrogen and oxygen atoms in total. The van der Waals surface area contributed by atoms with Gasteiger partial charge in [0.2, 0.25) is 0 Å². The monoisotopic (exact) mass is 283 g/mol. The molecule has 0 amide bonds. The van der Waals surface area contributed by atoms with Crippen LogP contribution in [0.15, 0.2) is 30.3 Å². The molecular weight excluding hydrogens is 258 g/mol. The molecule has 3 rings (SSSR count). The van der Waals surface area contributed by atoms with Crippen molar-refractivity contribution in [3.63, 3.8) is 0 Å². The lowest BCUT2D eigenvalue weighted by Gasteiger charge is -2.44. The van der Waals surface area contributed by atoms with Gasteiger partial charge in [0, 0.05) is 37.2 Å². The molecule has 0 bridgehead atoms. The molecule has 1 aromatic carbocycles. The molecule has 112 valence electrons. The number of benzene rings is 1. The molecule has 0 atom stereocenters. The minimum absolute atomic E-state index is 0.239. The van der Waals surface area contributed by atoms with Crippen LogP contribution in [-0.2, 0) is 24.8 Å². The Kier molecular flexibility index (Phi) is 3.85. The third-order valence-corrected chi connectivity index (χ3v) is 4.74. The van der Waals surface area contributed by atoms with Crippen LogP contribution in [0.1, 0.15) is 36.4 Å². The Morgan fingerprint density at radius 3 is 2.57 bits per heavy atom. The minimum atomic E-state index is 0.239. The molecule has 3 heteroatoms. The van der Waals surface area contributed by atoms with E-state index in [9.17, 15) is 0 Å². The van der Waals surface area contributed by atoms with Gasteiger partial charge >= 0.3 is 0 Å². The van der Waals surface area contributed by atoms with Crippen LogP contribution < -0.4 is 5.32 Å². The van der Waals surface area contributed by atoms with Crippen LogP contribution in [0.3, 0.4) is 0 Å². The number of aromatic nitrogens is 2. The van der Waals surface area contributed by atoms with Gasteiger partial charge in [-0.1, -0.05) is 31.2 Å². The Morgan fingerprint density at radius 1 is 1.24 bits per heavy atom. The SMILES string of the molecule is CCc1cc(CC2(c3ccccc3C)CNC2)n(CC)n1. The van der Waals surface area contributed by atoms with Crippen molar-refractivity contribution in [3.8, 4) is 0 Å². The van der Waals surface area contributed by atoms with Crippen molar-refractivity contribution in [1.82, 2.24) is 15.1 Å². The molecule has 1 fully saturated rings. The summed E-state index contributed by atoms with van der Waals surface area (Å²) < 4.78 is 2.18. The van der Waals surface area contributed by atoms with Gasteiger partial charge in [0.05, 0.1) is 5.69 Å². The number of hydrogen-bond acceptors (Lipinski definition) is 2. The van der Waals surface area contributed by atoms with Crippen LogP contribution in [0.4, 0.5) is 0 Å². The van der Waals surface area contributed by atoms with E-state index in [1.165, 1.54) is 22.5 Å². The highest BCUT2D eigenvalue weighted by Crippen LogP contribution is 2.34. The van der Waals surface area contributed by atoms with E-state index in [-0.39, 0.29) is 5.41 Å². The Morgan fingerprint density at radius 2 is 2.00 bits per heavy atom. The molecule has 2 heterocycles. The lowest BCUT2D eigenvalue weighted by molar-refractivity contribution is 0.267. The van der Waals surface area contributed by atoms with Crippen molar-refractivity contribution in [1.29, 1.82) is 0 Å². The van der Waals surface area contributed by atoms with E-state index in [0.717, 1.165) is 32.5 Å². The molecule has 1 aliphatic rings. The highest BCUT2D eigenvalue weighted by atomic mass is 15.3. The largest absolute Gasteiger partial charge is 0.315 e. The van der Waals surface area contributed by atoms with Gasteiger partial charge in [0.1, 0.15) is 0 Å². The fraction of sp³-hybridized carbons (Fsp3) is 0.500. The van der Waals surface area contributed by atoms with Gasteiger partial charge in [0.25, 0.3) is 0 Å². The molecule has 1 aliphatic heterocycles. The van der Waals surface area contributed by atoms with Gasteiger partial charge in [-0.05, 0) is 37.5 Å². The van der Waals surface area contributed by atoms with E-state index in [2.05, 4.69) is 61.1 Å². The second kappa shape index (κ2) is 5.64. The van der Waals surface area contributed by atoms with Gasteiger partial charge in [0.15, 0.2) is 0 Å². The quantitative estimate of drug-likeness (QED) is 0.914. The zero-order valence-corrected chi connectivity index (χ0v) is 13.3. The van der Waals surface area contributed by atoms with Gasteiger partial charge in [-0.25, -0.2) is 0 Å². The number of nitrogens with zero attached hydrogens (tertiary/aromatic N) is 2. The standard InChI is InChI=1S/C18H25N3/c1-4-15-10-16(21(5-2)20-15)11-18(12-19-13-18)17-9-7-6-8-14(17)3/h6-10,19H,4-5,11-13H2,1-3H3. The Labute approximate surface area is 127 Å². The van der Waals surface area contributed by atoms with Crippen LogP contribution in [0.2, 0.25) is 0 Å². The van der Waals surface area contributed by atoms with Gasteiger partial charge in [-0.15, -0.1) is 0 Å². The second-order valence-corrected chi connectivity index (χ2v) is 6.17. The van der Waals surface area contributed by atoms with Crippen molar-refractivity contribution < 1.29 is 0 Å². The van der Waals surface area contributed by atoms with Gasteiger partial charge in [-0.2, -0.15) is 5.10 Å². The van der Waals surface area contributed by atoms with E-state index in [1.807, 2.05) is 0 Å². The maximum absolute atomic E-state index is 4.70. The first-order chi connectivity index (χ1) is 10.2. The molecule has 0 spiro atoms. The average Bonchev–Trinajstić information content (AvgIpc) is 2.86. The third kappa shape index (κ3) is 2.51. The van der Waals surface area contributed by atoms with Gasteiger partial charge < -0.3 is 5.32 Å². The van der Waals surface area contributed by atoms with Crippen LogP contribution in [0.25, 0.3) is 0 Å².